The van der Waals surface area contributed by atoms with Crippen molar-refractivity contribution >= 4 is 23.2 Å². The van der Waals surface area contributed by atoms with Crippen LogP contribution in [0.5, 0.6) is 0 Å². The Morgan fingerprint density at radius 1 is 0.909 bits per heavy atom. The third-order valence-corrected chi connectivity index (χ3v) is 8.11. The number of nitrogens with zero attached hydrogens (tertiary/aromatic N) is 3. The van der Waals surface area contributed by atoms with E-state index in [1.165, 1.54) is 34.4 Å². The zero-order chi connectivity index (χ0) is 23.2. The van der Waals surface area contributed by atoms with E-state index in [0.29, 0.717) is 39.1 Å². The van der Waals surface area contributed by atoms with Crippen molar-refractivity contribution in [3.05, 3.63) is 57.3 Å². The minimum absolute atomic E-state index is 0.135. The van der Waals surface area contributed by atoms with E-state index < -0.39 is 0 Å². The maximum atomic E-state index is 13.3. The van der Waals surface area contributed by atoms with Crippen LogP contribution in [0.3, 0.4) is 0 Å². The van der Waals surface area contributed by atoms with Gasteiger partial charge in [0.2, 0.25) is 11.8 Å². The van der Waals surface area contributed by atoms with Crippen molar-refractivity contribution in [2.45, 2.75) is 58.4 Å². The van der Waals surface area contributed by atoms with Crippen molar-refractivity contribution < 1.29 is 9.59 Å². The number of hydrogen-bond donors (Lipinski definition) is 0. The molecule has 2 aromatic rings. The number of carbonyl (C=O) groups excluding carboxylic acids is 2. The number of benzene rings is 1. The van der Waals surface area contributed by atoms with Gasteiger partial charge in [0.05, 0.1) is 12.6 Å². The van der Waals surface area contributed by atoms with Gasteiger partial charge < -0.3 is 9.80 Å². The normalized spacial score (nSPS) is 18.9. The first-order valence-corrected chi connectivity index (χ1v) is 13.4. The molecule has 2 aliphatic rings. The third kappa shape index (κ3) is 5.67. The fraction of sp³-hybridized carbons (Fsp3) is 0.556. The topological polar surface area (TPSA) is 43.9 Å². The van der Waals surface area contributed by atoms with Crippen LogP contribution < -0.4 is 0 Å². The molecule has 1 aromatic carbocycles. The molecule has 0 aliphatic carbocycles. The van der Waals surface area contributed by atoms with E-state index in [1.54, 1.807) is 0 Å². The SMILES string of the molecule is CCCCCCC(=O)N1CCN(C(=O)CN2CCc3sccc3C2c2ccccc2C)CC1. The van der Waals surface area contributed by atoms with Gasteiger partial charge in [0.1, 0.15) is 0 Å². The Morgan fingerprint density at radius 2 is 1.64 bits per heavy atom. The number of aryl methyl sites for hydroxylation is 1. The van der Waals surface area contributed by atoms with E-state index in [0.717, 1.165) is 25.8 Å². The van der Waals surface area contributed by atoms with E-state index in [1.807, 2.05) is 21.1 Å². The third-order valence-electron chi connectivity index (χ3n) is 7.12. The molecule has 5 nitrogen and oxygen atoms in total. The summed E-state index contributed by atoms with van der Waals surface area (Å²) < 4.78 is 0. The summed E-state index contributed by atoms with van der Waals surface area (Å²) in [4.78, 5) is 33.5. The molecule has 1 aromatic heterocycles. The standard InChI is InChI=1S/C27H37N3O2S/c1-3-4-5-6-11-25(31)28-15-17-29(18-16-28)26(32)20-30-14-12-24-23(13-19-33-24)27(30)22-10-8-7-9-21(22)2/h7-10,13,19,27H,3-6,11-12,14-18,20H2,1-2H3. The summed E-state index contributed by atoms with van der Waals surface area (Å²) in [7, 11) is 0. The van der Waals surface area contributed by atoms with E-state index in [-0.39, 0.29) is 17.9 Å². The average molecular weight is 468 g/mol. The Hall–Kier alpha value is -2.18. The fourth-order valence-corrected chi connectivity index (χ4v) is 6.04. The number of piperazine rings is 1. The average Bonchev–Trinajstić information content (AvgIpc) is 3.31. The Kier molecular flexibility index (Phi) is 8.20. The second-order valence-corrected chi connectivity index (χ2v) is 10.4. The van der Waals surface area contributed by atoms with Crippen molar-refractivity contribution in [3.63, 3.8) is 0 Å². The Labute approximate surface area is 202 Å². The molecule has 0 saturated carbocycles. The summed E-state index contributed by atoms with van der Waals surface area (Å²) in [5.74, 6) is 0.432. The molecule has 6 heteroatoms. The van der Waals surface area contributed by atoms with Crippen molar-refractivity contribution in [2.75, 3.05) is 39.3 Å². The summed E-state index contributed by atoms with van der Waals surface area (Å²) in [5, 5.41) is 2.18. The quantitative estimate of drug-likeness (QED) is 0.531. The van der Waals surface area contributed by atoms with Crippen LogP contribution in [0.4, 0.5) is 0 Å². The van der Waals surface area contributed by atoms with Gasteiger partial charge in [-0.3, -0.25) is 14.5 Å². The molecule has 1 saturated heterocycles. The maximum Gasteiger partial charge on any atom is 0.236 e. The minimum atomic E-state index is 0.135. The van der Waals surface area contributed by atoms with Gasteiger partial charge in [0.25, 0.3) is 0 Å². The lowest BCUT2D eigenvalue weighted by atomic mass is 9.90. The zero-order valence-corrected chi connectivity index (χ0v) is 20.9. The molecule has 33 heavy (non-hydrogen) atoms. The first kappa shape index (κ1) is 24.0. The molecule has 0 spiro atoms. The summed E-state index contributed by atoms with van der Waals surface area (Å²) in [5.41, 5.74) is 3.92. The maximum absolute atomic E-state index is 13.3. The van der Waals surface area contributed by atoms with Gasteiger partial charge >= 0.3 is 0 Å². The molecule has 3 heterocycles. The first-order chi connectivity index (χ1) is 16.1. The fourth-order valence-electron chi connectivity index (χ4n) is 5.14. The summed E-state index contributed by atoms with van der Waals surface area (Å²) >= 11 is 1.83. The second kappa shape index (κ2) is 11.3. The number of thiophene rings is 1. The molecule has 1 unspecified atom stereocenters. The van der Waals surface area contributed by atoms with Gasteiger partial charge in [-0.15, -0.1) is 11.3 Å². The van der Waals surface area contributed by atoms with Crippen molar-refractivity contribution in [2.24, 2.45) is 0 Å². The van der Waals surface area contributed by atoms with Crippen molar-refractivity contribution in [1.82, 2.24) is 14.7 Å². The van der Waals surface area contributed by atoms with Crippen LogP contribution in [-0.2, 0) is 16.0 Å². The molecule has 2 aliphatic heterocycles. The smallest absolute Gasteiger partial charge is 0.236 e. The van der Waals surface area contributed by atoms with Gasteiger partial charge in [0, 0.05) is 44.0 Å². The number of hydrogen-bond acceptors (Lipinski definition) is 4. The number of rotatable bonds is 8. The Balaban J connectivity index is 1.36. The van der Waals surface area contributed by atoms with Gasteiger partial charge in [-0.25, -0.2) is 0 Å². The van der Waals surface area contributed by atoms with E-state index in [2.05, 4.69) is 54.5 Å². The van der Waals surface area contributed by atoms with Crippen LogP contribution in [0.15, 0.2) is 35.7 Å². The van der Waals surface area contributed by atoms with Crippen LogP contribution in [0, 0.1) is 6.92 Å². The molecule has 0 N–H and O–H groups in total. The first-order valence-electron chi connectivity index (χ1n) is 12.5. The van der Waals surface area contributed by atoms with E-state index >= 15 is 0 Å². The van der Waals surface area contributed by atoms with Gasteiger partial charge in [0.15, 0.2) is 0 Å². The van der Waals surface area contributed by atoms with Crippen LogP contribution >= 0.6 is 11.3 Å². The zero-order valence-electron chi connectivity index (χ0n) is 20.1. The molecule has 0 bridgehead atoms. The molecule has 1 fully saturated rings. The molecular formula is C27H37N3O2S. The monoisotopic (exact) mass is 467 g/mol. The van der Waals surface area contributed by atoms with Crippen LogP contribution in [-0.4, -0.2) is 65.8 Å². The number of carbonyl (C=O) groups is 2. The summed E-state index contributed by atoms with van der Waals surface area (Å²) in [6.45, 7) is 8.29. The molecule has 4 rings (SSSR count). The Morgan fingerprint density at radius 3 is 2.36 bits per heavy atom. The highest BCUT2D eigenvalue weighted by Crippen LogP contribution is 2.38. The van der Waals surface area contributed by atoms with Gasteiger partial charge in [-0.2, -0.15) is 0 Å². The van der Waals surface area contributed by atoms with Crippen molar-refractivity contribution in [3.8, 4) is 0 Å². The van der Waals surface area contributed by atoms with Crippen LogP contribution in [0.1, 0.15) is 66.6 Å². The Bertz CT molecular complexity index is 948. The second-order valence-electron chi connectivity index (χ2n) is 9.35. The minimum Gasteiger partial charge on any atom is -0.339 e. The predicted octanol–water partition coefficient (Wildman–Crippen LogP) is 4.65. The molecule has 2 amide bonds. The highest BCUT2D eigenvalue weighted by Gasteiger charge is 2.33. The molecular weight excluding hydrogens is 430 g/mol. The van der Waals surface area contributed by atoms with Gasteiger partial charge in [-0.05, 0) is 47.9 Å². The predicted molar refractivity (Wildman–Crippen MR) is 135 cm³/mol. The lowest BCUT2D eigenvalue weighted by Gasteiger charge is -2.39. The van der Waals surface area contributed by atoms with E-state index in [9.17, 15) is 9.59 Å². The van der Waals surface area contributed by atoms with Crippen LogP contribution in [0.2, 0.25) is 0 Å². The number of amides is 2. The molecule has 0 radical (unpaired) electrons. The van der Waals surface area contributed by atoms with Gasteiger partial charge in [-0.1, -0.05) is 50.5 Å². The summed E-state index contributed by atoms with van der Waals surface area (Å²) in [6.07, 6.45) is 6.13. The van der Waals surface area contributed by atoms with Crippen LogP contribution in [0.25, 0.3) is 0 Å². The van der Waals surface area contributed by atoms with E-state index in [4.69, 9.17) is 0 Å². The highest BCUT2D eigenvalue weighted by atomic mass is 32.1. The molecule has 1 atom stereocenters. The number of unbranched alkanes of at least 4 members (excludes halogenated alkanes) is 3. The lowest BCUT2D eigenvalue weighted by molar-refractivity contribution is -0.140. The lowest BCUT2D eigenvalue weighted by Crippen LogP contribution is -2.53. The van der Waals surface area contributed by atoms with Crippen molar-refractivity contribution in [1.29, 1.82) is 0 Å². The highest BCUT2D eigenvalue weighted by molar-refractivity contribution is 7.10. The number of fused-ring (bicyclic) bond motifs is 1. The summed E-state index contributed by atoms with van der Waals surface area (Å²) in [6, 6.07) is 10.9. The largest absolute Gasteiger partial charge is 0.339 e. The molecule has 178 valence electrons.